The Labute approximate surface area is 199 Å². The molecule has 4 aromatic rings. The van der Waals surface area contributed by atoms with Crippen molar-refractivity contribution < 1.29 is 4.79 Å². The highest BCUT2D eigenvalue weighted by molar-refractivity contribution is 7.20. The largest absolute Gasteiger partial charge is 0.369 e. The Balaban J connectivity index is 1.33. The maximum atomic E-state index is 13.2. The molecule has 1 amide bonds. The number of aromatic nitrogens is 1. The summed E-state index contributed by atoms with van der Waals surface area (Å²) in [6.45, 7) is 6.29. The second kappa shape index (κ2) is 9.98. The molecule has 3 heterocycles. The van der Waals surface area contributed by atoms with Gasteiger partial charge >= 0.3 is 0 Å². The lowest BCUT2D eigenvalue weighted by molar-refractivity contribution is 0.0938. The number of nitrogens with zero attached hydrogens (tertiary/aromatic N) is 1. The number of nitrogens with one attached hydrogen (secondary N) is 3. The molecular formula is C27H32N4OS. The Kier molecular flexibility index (Phi) is 6.65. The number of thiophene rings is 1. The van der Waals surface area contributed by atoms with Crippen LogP contribution in [0.5, 0.6) is 0 Å². The minimum Gasteiger partial charge on any atom is -0.369 e. The highest BCUT2D eigenvalue weighted by atomic mass is 32.1. The summed E-state index contributed by atoms with van der Waals surface area (Å²) in [7, 11) is 0. The molecule has 1 unspecified atom stereocenters. The van der Waals surface area contributed by atoms with Crippen LogP contribution in [0, 0.1) is 0 Å². The number of rotatable bonds is 8. The topological polar surface area (TPSA) is 60.2 Å². The average Bonchev–Trinajstić information content (AvgIpc) is 3.47. The first-order valence-corrected chi connectivity index (χ1v) is 12.9. The SMILES string of the molecule is CCCCC(Cc1c[nH]c2ccccc12)NC(=O)c1cc2ccc(N3CCNCC3)cc2s1. The lowest BCUT2D eigenvalue weighted by Gasteiger charge is -2.29. The van der Waals surface area contributed by atoms with E-state index in [4.69, 9.17) is 0 Å². The third kappa shape index (κ3) is 4.92. The molecule has 6 heteroatoms. The van der Waals surface area contributed by atoms with Crippen molar-refractivity contribution in [1.29, 1.82) is 0 Å². The molecule has 172 valence electrons. The van der Waals surface area contributed by atoms with Crippen molar-refractivity contribution in [2.24, 2.45) is 0 Å². The number of hydrogen-bond acceptors (Lipinski definition) is 4. The van der Waals surface area contributed by atoms with Crippen molar-refractivity contribution in [1.82, 2.24) is 15.6 Å². The number of benzene rings is 2. The zero-order valence-corrected chi connectivity index (χ0v) is 20.0. The van der Waals surface area contributed by atoms with Gasteiger partial charge in [0.05, 0.1) is 4.88 Å². The molecule has 2 aromatic heterocycles. The van der Waals surface area contributed by atoms with Gasteiger partial charge in [-0.25, -0.2) is 0 Å². The van der Waals surface area contributed by atoms with Gasteiger partial charge < -0.3 is 20.5 Å². The lowest BCUT2D eigenvalue weighted by atomic mass is 10.0. The van der Waals surface area contributed by atoms with Gasteiger partial charge in [-0.05, 0) is 48.1 Å². The first kappa shape index (κ1) is 22.0. The number of hydrogen-bond donors (Lipinski definition) is 3. The summed E-state index contributed by atoms with van der Waals surface area (Å²) in [6.07, 6.45) is 6.14. The third-order valence-corrected chi connectivity index (χ3v) is 7.69. The monoisotopic (exact) mass is 460 g/mol. The Bertz CT molecular complexity index is 1240. The van der Waals surface area contributed by atoms with Crippen LogP contribution in [0.1, 0.15) is 41.4 Å². The van der Waals surface area contributed by atoms with Crippen LogP contribution in [0.2, 0.25) is 0 Å². The van der Waals surface area contributed by atoms with E-state index >= 15 is 0 Å². The quantitative estimate of drug-likeness (QED) is 0.333. The molecule has 1 saturated heterocycles. The van der Waals surface area contributed by atoms with E-state index < -0.39 is 0 Å². The summed E-state index contributed by atoms with van der Waals surface area (Å²) in [5.41, 5.74) is 3.67. The van der Waals surface area contributed by atoms with E-state index in [1.165, 1.54) is 21.3 Å². The number of amides is 1. The van der Waals surface area contributed by atoms with Crippen molar-refractivity contribution in [3.05, 3.63) is 65.2 Å². The molecule has 1 fully saturated rings. The number of aromatic amines is 1. The summed E-state index contributed by atoms with van der Waals surface area (Å²) in [5.74, 6) is 0.0425. The number of piperazine rings is 1. The van der Waals surface area contributed by atoms with Gasteiger partial charge in [-0.15, -0.1) is 11.3 Å². The molecule has 0 aliphatic carbocycles. The van der Waals surface area contributed by atoms with Gasteiger partial charge in [0.1, 0.15) is 0 Å². The number of unbranched alkanes of at least 4 members (excludes halogenated alkanes) is 1. The number of H-pyrrole nitrogens is 1. The smallest absolute Gasteiger partial charge is 0.261 e. The molecule has 3 N–H and O–H groups in total. The first-order valence-electron chi connectivity index (χ1n) is 12.1. The number of anilines is 1. The molecule has 0 spiro atoms. The van der Waals surface area contributed by atoms with Gasteiger partial charge in [-0.3, -0.25) is 4.79 Å². The Hall–Kier alpha value is -2.83. The maximum absolute atomic E-state index is 13.2. The summed E-state index contributed by atoms with van der Waals surface area (Å²) in [5, 5.41) is 9.14. The van der Waals surface area contributed by atoms with Crippen LogP contribution < -0.4 is 15.5 Å². The molecular weight excluding hydrogens is 428 g/mol. The highest BCUT2D eigenvalue weighted by Gasteiger charge is 2.18. The zero-order valence-electron chi connectivity index (χ0n) is 19.2. The van der Waals surface area contributed by atoms with E-state index in [1.54, 1.807) is 11.3 Å². The standard InChI is InChI=1S/C27H32N4OS/c1-2-3-6-21(15-20-18-29-24-8-5-4-7-23(20)24)30-27(32)26-16-19-9-10-22(17-25(19)33-26)31-13-11-28-12-14-31/h4-5,7-10,16-18,21,28-29H,2-3,6,11-15H2,1H3,(H,30,32). The van der Waals surface area contributed by atoms with Gasteiger partial charge in [0, 0.05) is 59.7 Å². The van der Waals surface area contributed by atoms with Crippen LogP contribution in [0.3, 0.4) is 0 Å². The van der Waals surface area contributed by atoms with Gasteiger partial charge in [0.25, 0.3) is 5.91 Å². The molecule has 0 bridgehead atoms. The molecule has 1 aliphatic heterocycles. The first-order chi connectivity index (χ1) is 16.2. The van der Waals surface area contributed by atoms with Crippen LogP contribution in [0.25, 0.3) is 21.0 Å². The van der Waals surface area contributed by atoms with E-state index in [9.17, 15) is 4.79 Å². The highest BCUT2D eigenvalue weighted by Crippen LogP contribution is 2.30. The fraction of sp³-hybridized carbons (Fsp3) is 0.370. The van der Waals surface area contributed by atoms with E-state index in [2.05, 4.69) is 70.0 Å². The van der Waals surface area contributed by atoms with Gasteiger partial charge in [-0.2, -0.15) is 0 Å². The van der Waals surface area contributed by atoms with E-state index in [1.807, 2.05) is 12.1 Å². The Morgan fingerprint density at radius 1 is 1.15 bits per heavy atom. The summed E-state index contributed by atoms with van der Waals surface area (Å²) >= 11 is 1.60. The fourth-order valence-corrected chi connectivity index (χ4v) is 5.75. The van der Waals surface area contributed by atoms with E-state index in [0.717, 1.165) is 67.6 Å². The Morgan fingerprint density at radius 3 is 2.85 bits per heavy atom. The number of fused-ring (bicyclic) bond motifs is 2. The predicted molar refractivity (Wildman–Crippen MR) is 140 cm³/mol. The normalized spacial score (nSPS) is 15.2. The summed E-state index contributed by atoms with van der Waals surface area (Å²) < 4.78 is 1.18. The minimum absolute atomic E-state index is 0.0425. The number of carbonyl (C=O) groups is 1. The van der Waals surface area contributed by atoms with Crippen LogP contribution in [0.4, 0.5) is 5.69 Å². The van der Waals surface area contributed by atoms with Crippen molar-refractivity contribution >= 4 is 43.9 Å². The molecule has 2 aromatic carbocycles. The summed E-state index contributed by atoms with van der Waals surface area (Å²) in [6, 6.07) is 17.1. The van der Waals surface area contributed by atoms with Crippen LogP contribution in [0.15, 0.2) is 54.7 Å². The molecule has 5 nitrogen and oxygen atoms in total. The third-order valence-electron chi connectivity index (χ3n) is 6.59. The summed E-state index contributed by atoms with van der Waals surface area (Å²) in [4.78, 5) is 19.8. The van der Waals surface area contributed by atoms with Crippen LogP contribution in [-0.2, 0) is 6.42 Å². The molecule has 1 atom stereocenters. The second-order valence-electron chi connectivity index (χ2n) is 8.95. The van der Waals surface area contributed by atoms with Gasteiger partial charge in [0.2, 0.25) is 0 Å². The van der Waals surface area contributed by atoms with Crippen molar-refractivity contribution in [2.45, 2.75) is 38.6 Å². The van der Waals surface area contributed by atoms with Crippen molar-refractivity contribution in [3.63, 3.8) is 0 Å². The average molecular weight is 461 g/mol. The van der Waals surface area contributed by atoms with E-state index in [-0.39, 0.29) is 11.9 Å². The lowest BCUT2D eigenvalue weighted by Crippen LogP contribution is -2.43. The number of carbonyl (C=O) groups excluding carboxylic acids is 1. The number of para-hydroxylation sites is 1. The van der Waals surface area contributed by atoms with Gasteiger partial charge in [0.15, 0.2) is 0 Å². The molecule has 0 radical (unpaired) electrons. The minimum atomic E-state index is 0.0425. The molecule has 33 heavy (non-hydrogen) atoms. The molecule has 1 aliphatic rings. The fourth-order valence-electron chi connectivity index (χ4n) is 4.75. The maximum Gasteiger partial charge on any atom is 0.261 e. The molecule has 5 rings (SSSR count). The second-order valence-corrected chi connectivity index (χ2v) is 10.0. The zero-order chi connectivity index (χ0) is 22.6. The molecule has 0 saturated carbocycles. The van der Waals surface area contributed by atoms with Gasteiger partial charge in [-0.1, -0.05) is 44.0 Å². The van der Waals surface area contributed by atoms with Crippen molar-refractivity contribution in [3.8, 4) is 0 Å². The predicted octanol–water partition coefficient (Wildman–Crippen LogP) is 5.32. The van der Waals surface area contributed by atoms with E-state index in [0.29, 0.717) is 0 Å². The van der Waals surface area contributed by atoms with Crippen LogP contribution in [-0.4, -0.2) is 43.1 Å². The van der Waals surface area contributed by atoms with Crippen molar-refractivity contribution in [2.75, 3.05) is 31.1 Å². The Morgan fingerprint density at radius 2 is 2.00 bits per heavy atom. The van der Waals surface area contributed by atoms with Crippen LogP contribution >= 0.6 is 11.3 Å².